The molecule has 0 aliphatic heterocycles. The van der Waals surface area contributed by atoms with E-state index in [1.165, 1.54) is 4.90 Å². The Morgan fingerprint density at radius 3 is 2.44 bits per heavy atom. The molecule has 1 aromatic rings. The largest absolute Gasteiger partial charge is 0.179 e. The van der Waals surface area contributed by atoms with Gasteiger partial charge in [0.05, 0.1) is 10.0 Å². The summed E-state index contributed by atoms with van der Waals surface area (Å²) in [7, 11) is 0. The van der Waals surface area contributed by atoms with Gasteiger partial charge in [0.25, 0.3) is 0 Å². The highest BCUT2D eigenvalue weighted by atomic mass is 35.5. The molecule has 16 heavy (non-hydrogen) atoms. The summed E-state index contributed by atoms with van der Waals surface area (Å²) in [6, 6.07) is 5.77. The molecule has 1 aromatic carbocycles. The summed E-state index contributed by atoms with van der Waals surface area (Å²) < 4.78 is 0. The molecule has 0 aromatic heterocycles. The first-order valence-corrected chi connectivity index (χ1v) is 7.60. The Balaban J connectivity index is 2.57. The van der Waals surface area contributed by atoms with Crippen molar-refractivity contribution in [3.8, 4) is 0 Å². The van der Waals surface area contributed by atoms with Gasteiger partial charge in [-0.15, -0.1) is 11.8 Å². The van der Waals surface area contributed by atoms with Gasteiger partial charge in [0.15, 0.2) is 0 Å². The molecule has 0 aliphatic carbocycles. The maximum Gasteiger partial charge on any atom is 0.0603 e. The van der Waals surface area contributed by atoms with Crippen LogP contribution in [0.1, 0.15) is 13.8 Å². The van der Waals surface area contributed by atoms with Crippen LogP contribution in [0, 0.1) is 11.8 Å². The smallest absolute Gasteiger partial charge is 0.0603 e. The summed E-state index contributed by atoms with van der Waals surface area (Å²) >= 11 is 18.0. The molecule has 0 spiro atoms. The van der Waals surface area contributed by atoms with Crippen LogP contribution in [0.2, 0.25) is 10.0 Å². The molecule has 1 atom stereocenters. The molecule has 0 amide bonds. The lowest BCUT2D eigenvalue weighted by molar-refractivity contribution is 0.473. The first kappa shape index (κ1) is 14.6. The Morgan fingerprint density at radius 1 is 1.25 bits per heavy atom. The molecule has 0 N–H and O–H groups in total. The lowest BCUT2D eigenvalue weighted by Gasteiger charge is -2.17. The molecular formula is C12H16Cl2S2. The van der Waals surface area contributed by atoms with Crippen molar-refractivity contribution in [3.05, 3.63) is 28.2 Å². The minimum absolute atomic E-state index is 0.612. The van der Waals surface area contributed by atoms with Crippen LogP contribution in [0.3, 0.4) is 0 Å². The molecule has 1 rings (SSSR count). The minimum Gasteiger partial charge on any atom is -0.179 e. The third-order valence-corrected chi connectivity index (χ3v) is 4.92. The van der Waals surface area contributed by atoms with E-state index in [1.54, 1.807) is 0 Å². The highest BCUT2D eigenvalue weighted by molar-refractivity contribution is 7.99. The summed E-state index contributed by atoms with van der Waals surface area (Å²) in [6.07, 6.45) is 0. The Morgan fingerprint density at radius 2 is 1.94 bits per heavy atom. The lowest BCUT2D eigenvalue weighted by atomic mass is 10.0. The molecule has 0 fully saturated rings. The van der Waals surface area contributed by atoms with Gasteiger partial charge >= 0.3 is 0 Å². The first-order chi connectivity index (χ1) is 7.54. The quantitative estimate of drug-likeness (QED) is 0.569. The molecule has 0 bridgehead atoms. The average molecular weight is 295 g/mol. The number of hydrogen-bond donors (Lipinski definition) is 1. The van der Waals surface area contributed by atoms with Gasteiger partial charge in [-0.2, -0.15) is 12.6 Å². The third-order valence-electron chi connectivity index (χ3n) is 2.53. The zero-order valence-corrected chi connectivity index (χ0v) is 12.6. The summed E-state index contributed by atoms with van der Waals surface area (Å²) in [6.45, 7) is 4.46. The molecule has 0 heterocycles. The van der Waals surface area contributed by atoms with Crippen LogP contribution in [0.25, 0.3) is 0 Å². The van der Waals surface area contributed by atoms with Gasteiger partial charge < -0.3 is 0 Å². The van der Waals surface area contributed by atoms with E-state index in [9.17, 15) is 0 Å². The fraction of sp³-hybridized carbons (Fsp3) is 0.500. The second kappa shape index (κ2) is 7.05. The summed E-state index contributed by atoms with van der Waals surface area (Å²) in [4.78, 5) is 1.17. The predicted octanol–water partition coefficient (Wildman–Crippen LogP) is 5.29. The van der Waals surface area contributed by atoms with E-state index in [-0.39, 0.29) is 0 Å². The molecule has 0 aliphatic rings. The average Bonchev–Trinajstić information content (AvgIpc) is 2.23. The van der Waals surface area contributed by atoms with E-state index >= 15 is 0 Å². The summed E-state index contributed by atoms with van der Waals surface area (Å²) in [5, 5.41) is 1.24. The van der Waals surface area contributed by atoms with Gasteiger partial charge in [-0.3, -0.25) is 0 Å². The molecule has 1 unspecified atom stereocenters. The topological polar surface area (TPSA) is 0 Å². The Bertz CT molecular complexity index is 340. The van der Waals surface area contributed by atoms with E-state index < -0.39 is 0 Å². The van der Waals surface area contributed by atoms with Gasteiger partial charge in [0.1, 0.15) is 0 Å². The van der Waals surface area contributed by atoms with Crippen molar-refractivity contribution in [2.24, 2.45) is 11.8 Å². The first-order valence-electron chi connectivity index (χ1n) is 5.23. The van der Waals surface area contributed by atoms with Gasteiger partial charge in [-0.25, -0.2) is 0 Å². The molecule has 0 nitrogen and oxygen atoms in total. The van der Waals surface area contributed by atoms with Crippen molar-refractivity contribution in [3.63, 3.8) is 0 Å². The van der Waals surface area contributed by atoms with Crippen molar-refractivity contribution in [2.45, 2.75) is 18.7 Å². The second-order valence-corrected chi connectivity index (χ2v) is 6.35. The van der Waals surface area contributed by atoms with Crippen molar-refractivity contribution in [1.82, 2.24) is 0 Å². The van der Waals surface area contributed by atoms with E-state index in [0.29, 0.717) is 21.9 Å². The molecule has 90 valence electrons. The number of rotatable bonds is 5. The number of hydrogen-bond acceptors (Lipinski definition) is 2. The van der Waals surface area contributed by atoms with Crippen molar-refractivity contribution < 1.29 is 0 Å². The predicted molar refractivity (Wildman–Crippen MR) is 79.4 cm³/mol. The number of halogens is 2. The molecule has 0 saturated heterocycles. The normalized spacial score (nSPS) is 13.1. The highest BCUT2D eigenvalue weighted by Gasteiger charge is 2.12. The SMILES string of the molecule is CC(C)C(CS)CSc1ccc(Cl)c(Cl)c1. The van der Waals surface area contributed by atoms with E-state index in [0.717, 1.165) is 11.5 Å². The fourth-order valence-electron chi connectivity index (χ4n) is 1.23. The van der Waals surface area contributed by atoms with Crippen LogP contribution < -0.4 is 0 Å². The van der Waals surface area contributed by atoms with Crippen LogP contribution in [0.5, 0.6) is 0 Å². The van der Waals surface area contributed by atoms with E-state index in [4.69, 9.17) is 23.2 Å². The minimum atomic E-state index is 0.612. The van der Waals surface area contributed by atoms with Gasteiger partial charge in [0, 0.05) is 10.6 Å². The van der Waals surface area contributed by atoms with E-state index in [1.807, 2.05) is 30.0 Å². The summed E-state index contributed by atoms with van der Waals surface area (Å²) in [5.74, 6) is 3.28. The van der Waals surface area contributed by atoms with Crippen LogP contribution in [0.15, 0.2) is 23.1 Å². The van der Waals surface area contributed by atoms with Crippen LogP contribution in [-0.2, 0) is 0 Å². The van der Waals surface area contributed by atoms with Gasteiger partial charge in [-0.1, -0.05) is 37.0 Å². The van der Waals surface area contributed by atoms with Crippen molar-refractivity contribution in [1.29, 1.82) is 0 Å². The molecular weight excluding hydrogens is 279 g/mol. The van der Waals surface area contributed by atoms with Crippen LogP contribution >= 0.6 is 47.6 Å². The van der Waals surface area contributed by atoms with Crippen LogP contribution in [0.4, 0.5) is 0 Å². The zero-order valence-electron chi connectivity index (χ0n) is 9.41. The number of benzene rings is 1. The lowest BCUT2D eigenvalue weighted by Crippen LogP contribution is -2.13. The van der Waals surface area contributed by atoms with Gasteiger partial charge in [-0.05, 0) is 35.8 Å². The Labute approximate surface area is 118 Å². The van der Waals surface area contributed by atoms with Crippen LogP contribution in [-0.4, -0.2) is 11.5 Å². The maximum atomic E-state index is 5.97. The standard InChI is InChI=1S/C12H16Cl2S2/c1-8(2)9(6-15)7-16-10-3-4-11(13)12(14)5-10/h3-5,8-9,15H,6-7H2,1-2H3. The molecule has 0 saturated carbocycles. The molecule has 0 radical (unpaired) electrons. The van der Waals surface area contributed by atoms with Crippen molar-refractivity contribution >= 4 is 47.6 Å². The van der Waals surface area contributed by atoms with Gasteiger partial charge in [0.2, 0.25) is 0 Å². The molecule has 4 heteroatoms. The second-order valence-electron chi connectivity index (χ2n) is 4.07. The maximum absolute atomic E-state index is 5.97. The fourth-order valence-corrected chi connectivity index (χ4v) is 3.59. The Hall–Kier alpha value is 0.500. The van der Waals surface area contributed by atoms with Crippen molar-refractivity contribution in [2.75, 3.05) is 11.5 Å². The number of thioether (sulfide) groups is 1. The summed E-state index contributed by atoms with van der Waals surface area (Å²) in [5.41, 5.74) is 0. The number of thiol groups is 1. The third kappa shape index (κ3) is 4.40. The zero-order chi connectivity index (χ0) is 12.1. The monoisotopic (exact) mass is 294 g/mol. The highest BCUT2D eigenvalue weighted by Crippen LogP contribution is 2.30. The van der Waals surface area contributed by atoms with E-state index in [2.05, 4.69) is 26.5 Å². The Kier molecular flexibility index (Phi) is 6.42.